The summed E-state index contributed by atoms with van der Waals surface area (Å²) in [4.78, 5) is 14.1. The Labute approximate surface area is 88.9 Å². The van der Waals surface area contributed by atoms with Gasteiger partial charge in [0.25, 0.3) is 5.91 Å². The summed E-state index contributed by atoms with van der Waals surface area (Å²) >= 11 is 0. The van der Waals surface area contributed by atoms with Crippen LogP contribution in [0.3, 0.4) is 0 Å². The van der Waals surface area contributed by atoms with Crippen molar-refractivity contribution in [2.75, 3.05) is 12.3 Å². The van der Waals surface area contributed by atoms with Gasteiger partial charge in [-0.15, -0.1) is 0 Å². The molecule has 0 radical (unpaired) electrons. The van der Waals surface area contributed by atoms with Crippen LogP contribution in [0.15, 0.2) is 18.2 Å². The lowest BCUT2D eigenvalue weighted by molar-refractivity contribution is 0.0728. The summed E-state index contributed by atoms with van der Waals surface area (Å²) in [7, 11) is 0. The van der Waals surface area contributed by atoms with E-state index in [2.05, 4.69) is 0 Å². The Morgan fingerprint density at radius 1 is 1.33 bits per heavy atom. The molecule has 1 heterocycles. The normalized spacial score (nSPS) is 20.3. The highest BCUT2D eigenvalue weighted by Gasteiger charge is 2.36. The van der Waals surface area contributed by atoms with Crippen molar-refractivity contribution in [3.05, 3.63) is 29.3 Å². The van der Waals surface area contributed by atoms with Crippen LogP contribution in [0, 0.1) is 0 Å². The third-order valence-corrected chi connectivity index (χ3v) is 3.27. The van der Waals surface area contributed by atoms with E-state index in [1.54, 1.807) is 0 Å². The highest BCUT2D eigenvalue weighted by Crippen LogP contribution is 2.33. The molecule has 0 aromatic heterocycles. The molecule has 2 N–H and O–H groups in total. The van der Waals surface area contributed by atoms with Gasteiger partial charge in [0.15, 0.2) is 0 Å². The number of hydrogen-bond donors (Lipinski definition) is 1. The number of anilines is 1. The van der Waals surface area contributed by atoms with Crippen LogP contribution in [0.4, 0.5) is 5.69 Å². The first-order valence-electron chi connectivity index (χ1n) is 5.45. The molecule has 1 aliphatic carbocycles. The summed E-state index contributed by atoms with van der Waals surface area (Å²) in [5, 5.41) is 0. The highest BCUT2D eigenvalue weighted by atomic mass is 16.2. The zero-order valence-electron chi connectivity index (χ0n) is 8.57. The number of rotatable bonds is 1. The lowest BCUT2D eigenvalue weighted by atomic mass is 9.97. The summed E-state index contributed by atoms with van der Waals surface area (Å²) < 4.78 is 0. The minimum atomic E-state index is 0.136. The maximum absolute atomic E-state index is 12.2. The zero-order valence-corrected chi connectivity index (χ0v) is 8.57. The lowest BCUT2D eigenvalue weighted by Gasteiger charge is -2.29. The van der Waals surface area contributed by atoms with Crippen LogP contribution >= 0.6 is 0 Å². The summed E-state index contributed by atoms with van der Waals surface area (Å²) in [5.41, 5.74) is 8.35. The molecule has 1 aromatic rings. The predicted octanol–water partition coefficient (Wildman–Crippen LogP) is 1.43. The number of carbonyl (C=O) groups excluding carboxylic acids is 1. The van der Waals surface area contributed by atoms with Gasteiger partial charge in [-0.2, -0.15) is 0 Å². The molecule has 78 valence electrons. The Hall–Kier alpha value is -1.51. The van der Waals surface area contributed by atoms with Gasteiger partial charge < -0.3 is 10.6 Å². The quantitative estimate of drug-likeness (QED) is 0.700. The summed E-state index contributed by atoms with van der Waals surface area (Å²) in [6.07, 6.45) is 3.27. The number of fused-ring (bicyclic) bond motifs is 1. The largest absolute Gasteiger partial charge is 0.398 e. The smallest absolute Gasteiger partial charge is 0.256 e. The second-order valence-electron chi connectivity index (χ2n) is 4.36. The molecule has 1 aromatic carbocycles. The Balaban J connectivity index is 2.04. The van der Waals surface area contributed by atoms with Crippen LogP contribution in [0.25, 0.3) is 0 Å². The zero-order chi connectivity index (χ0) is 10.4. The molecule has 1 fully saturated rings. The van der Waals surface area contributed by atoms with Gasteiger partial charge in [-0.3, -0.25) is 4.79 Å². The van der Waals surface area contributed by atoms with Crippen LogP contribution in [0.5, 0.6) is 0 Å². The summed E-state index contributed by atoms with van der Waals surface area (Å²) in [6.45, 7) is 0.861. The standard InChI is InChI=1S/C12H14N2O/c13-10-3-1-2-8-6-7-14(9-4-5-9)12(15)11(8)10/h1-3,9H,4-7,13H2. The molecule has 0 unspecified atom stereocenters. The maximum Gasteiger partial charge on any atom is 0.256 e. The average molecular weight is 202 g/mol. The third-order valence-electron chi connectivity index (χ3n) is 3.27. The van der Waals surface area contributed by atoms with Gasteiger partial charge in [-0.05, 0) is 30.9 Å². The summed E-state index contributed by atoms with van der Waals surface area (Å²) in [6, 6.07) is 6.24. The molecular weight excluding hydrogens is 188 g/mol. The molecule has 2 aliphatic rings. The van der Waals surface area contributed by atoms with Crippen molar-refractivity contribution in [2.45, 2.75) is 25.3 Å². The average Bonchev–Trinajstić information content (AvgIpc) is 3.02. The second kappa shape index (κ2) is 2.99. The molecule has 1 aliphatic heterocycles. The van der Waals surface area contributed by atoms with Crippen molar-refractivity contribution in [2.24, 2.45) is 0 Å². The molecule has 1 amide bonds. The van der Waals surface area contributed by atoms with E-state index in [-0.39, 0.29) is 5.91 Å². The third kappa shape index (κ3) is 1.30. The number of nitrogens with zero attached hydrogens (tertiary/aromatic N) is 1. The van der Waals surface area contributed by atoms with Gasteiger partial charge in [-0.25, -0.2) is 0 Å². The van der Waals surface area contributed by atoms with Crippen molar-refractivity contribution in [3.63, 3.8) is 0 Å². The van der Waals surface area contributed by atoms with Crippen LogP contribution in [0.2, 0.25) is 0 Å². The van der Waals surface area contributed by atoms with E-state index in [1.807, 2.05) is 23.1 Å². The molecule has 1 saturated carbocycles. The first-order valence-corrected chi connectivity index (χ1v) is 5.45. The molecule has 3 nitrogen and oxygen atoms in total. The first kappa shape index (κ1) is 8.77. The molecule has 3 rings (SSSR count). The molecular formula is C12H14N2O. The van der Waals surface area contributed by atoms with Crippen LogP contribution < -0.4 is 5.73 Å². The van der Waals surface area contributed by atoms with E-state index in [0.717, 1.165) is 36.9 Å². The van der Waals surface area contributed by atoms with E-state index >= 15 is 0 Å². The molecule has 15 heavy (non-hydrogen) atoms. The number of benzene rings is 1. The predicted molar refractivity (Wildman–Crippen MR) is 58.6 cm³/mol. The number of carbonyl (C=O) groups is 1. The lowest BCUT2D eigenvalue weighted by Crippen LogP contribution is -2.39. The van der Waals surface area contributed by atoms with Gasteiger partial charge >= 0.3 is 0 Å². The van der Waals surface area contributed by atoms with Crippen molar-refractivity contribution >= 4 is 11.6 Å². The van der Waals surface area contributed by atoms with Gasteiger partial charge in [-0.1, -0.05) is 12.1 Å². The Bertz CT molecular complexity index is 424. The monoisotopic (exact) mass is 202 g/mol. The number of nitrogen functional groups attached to an aromatic ring is 1. The van der Waals surface area contributed by atoms with E-state index in [9.17, 15) is 4.79 Å². The van der Waals surface area contributed by atoms with Crippen molar-refractivity contribution in [1.29, 1.82) is 0 Å². The van der Waals surface area contributed by atoms with Crippen LogP contribution in [-0.2, 0) is 6.42 Å². The van der Waals surface area contributed by atoms with Gasteiger partial charge in [0.1, 0.15) is 0 Å². The maximum atomic E-state index is 12.2. The van der Waals surface area contributed by atoms with Crippen LogP contribution in [0.1, 0.15) is 28.8 Å². The molecule has 3 heteroatoms. The van der Waals surface area contributed by atoms with Crippen LogP contribution in [-0.4, -0.2) is 23.4 Å². The molecule has 0 bridgehead atoms. The minimum Gasteiger partial charge on any atom is -0.398 e. The van der Waals surface area contributed by atoms with Gasteiger partial charge in [0.2, 0.25) is 0 Å². The topological polar surface area (TPSA) is 46.3 Å². The fourth-order valence-electron chi connectivity index (χ4n) is 2.31. The van der Waals surface area contributed by atoms with E-state index in [4.69, 9.17) is 5.73 Å². The SMILES string of the molecule is Nc1cccc2c1C(=O)N(C1CC1)CC2. The number of hydrogen-bond acceptors (Lipinski definition) is 2. The Morgan fingerprint density at radius 3 is 2.87 bits per heavy atom. The fourth-order valence-corrected chi connectivity index (χ4v) is 2.31. The van der Waals surface area contributed by atoms with E-state index in [1.165, 1.54) is 0 Å². The minimum absolute atomic E-state index is 0.136. The van der Waals surface area contributed by atoms with E-state index < -0.39 is 0 Å². The van der Waals surface area contributed by atoms with Crippen molar-refractivity contribution in [1.82, 2.24) is 4.90 Å². The first-order chi connectivity index (χ1) is 7.27. The Kier molecular flexibility index (Phi) is 1.75. The van der Waals surface area contributed by atoms with E-state index in [0.29, 0.717) is 11.7 Å². The summed E-state index contributed by atoms with van der Waals surface area (Å²) in [5.74, 6) is 0.136. The van der Waals surface area contributed by atoms with Gasteiger partial charge in [0, 0.05) is 18.3 Å². The molecule has 0 saturated heterocycles. The highest BCUT2D eigenvalue weighted by molar-refractivity contribution is 6.01. The van der Waals surface area contributed by atoms with Crippen molar-refractivity contribution < 1.29 is 4.79 Å². The molecule has 0 spiro atoms. The number of nitrogens with two attached hydrogens (primary N) is 1. The molecule has 0 atom stereocenters. The number of amides is 1. The fraction of sp³-hybridized carbons (Fsp3) is 0.417. The van der Waals surface area contributed by atoms with Gasteiger partial charge in [0.05, 0.1) is 5.56 Å². The Morgan fingerprint density at radius 2 is 2.13 bits per heavy atom. The van der Waals surface area contributed by atoms with Crippen molar-refractivity contribution in [3.8, 4) is 0 Å². The second-order valence-corrected chi connectivity index (χ2v) is 4.36.